The number of H-pyrrole nitrogens is 1. The molecule has 0 aliphatic heterocycles. The molecule has 29 heavy (non-hydrogen) atoms. The average molecular weight is 387 g/mol. The number of aromatic nitrogens is 2. The summed E-state index contributed by atoms with van der Waals surface area (Å²) in [6.07, 6.45) is 3.98. The van der Waals surface area contributed by atoms with Gasteiger partial charge < -0.3 is 14.1 Å². The highest BCUT2D eigenvalue weighted by molar-refractivity contribution is 6.10. The molecule has 0 saturated carbocycles. The summed E-state index contributed by atoms with van der Waals surface area (Å²) in [5, 5.41) is 10.3. The van der Waals surface area contributed by atoms with E-state index < -0.39 is 12.1 Å². The number of hydrogen-bond donors (Lipinski definition) is 1. The number of aromatic amines is 1. The number of nitrogens with zero attached hydrogens (tertiary/aromatic N) is 2. The number of nitrogens with one attached hydrogen (secondary N) is 1. The van der Waals surface area contributed by atoms with E-state index in [-0.39, 0.29) is 28.6 Å². The predicted octanol–water partition coefficient (Wildman–Crippen LogP) is 4.16. The maximum atomic E-state index is 12.8. The number of aryl methyl sites for hydroxylation is 1. The zero-order valence-electron chi connectivity index (χ0n) is 15.8. The SMILES string of the molecule is Cc1oc(-n2cccc2)c(C#N)c1C(=O)O[C@H](C)C(=O)c1c[nH]c2ccccc12. The standard InChI is InChI=1S/C22H17N3O4/c1-13-19(16(11-23)21(28-13)25-9-5-6-10-25)22(27)29-14(2)20(26)17-12-24-18-8-4-3-7-15(17)18/h3-10,12,14,24H,1-2H3/t14-/m1/s1. The topological polar surface area (TPSA) is 101 Å². The van der Waals surface area contributed by atoms with Gasteiger partial charge in [0.15, 0.2) is 6.10 Å². The number of fused-ring (bicyclic) bond motifs is 1. The van der Waals surface area contributed by atoms with E-state index in [0.29, 0.717) is 5.56 Å². The largest absolute Gasteiger partial charge is 0.451 e. The second-order valence-electron chi connectivity index (χ2n) is 6.58. The van der Waals surface area contributed by atoms with Crippen LogP contribution in [0.3, 0.4) is 0 Å². The van der Waals surface area contributed by atoms with Crippen LogP contribution in [-0.2, 0) is 4.74 Å². The van der Waals surface area contributed by atoms with Crippen molar-refractivity contribution < 1.29 is 18.7 Å². The zero-order valence-corrected chi connectivity index (χ0v) is 15.8. The molecule has 0 amide bonds. The second kappa shape index (κ2) is 7.17. The Labute approximate surface area is 166 Å². The fourth-order valence-electron chi connectivity index (χ4n) is 3.30. The molecule has 3 aromatic heterocycles. The van der Waals surface area contributed by atoms with Gasteiger partial charge in [0, 0.05) is 35.1 Å². The lowest BCUT2D eigenvalue weighted by atomic mass is 10.1. The molecule has 0 aliphatic carbocycles. The highest BCUT2D eigenvalue weighted by Crippen LogP contribution is 2.27. The van der Waals surface area contributed by atoms with Crippen LogP contribution in [-0.4, -0.2) is 27.4 Å². The van der Waals surface area contributed by atoms with Crippen molar-refractivity contribution in [2.75, 3.05) is 0 Å². The Hall–Kier alpha value is -4.05. The molecule has 1 atom stereocenters. The van der Waals surface area contributed by atoms with Gasteiger partial charge in [-0.2, -0.15) is 5.26 Å². The number of carbonyl (C=O) groups is 2. The van der Waals surface area contributed by atoms with Crippen molar-refractivity contribution in [3.8, 4) is 12.0 Å². The van der Waals surface area contributed by atoms with Crippen LogP contribution in [0.25, 0.3) is 16.8 Å². The summed E-state index contributed by atoms with van der Waals surface area (Å²) in [4.78, 5) is 28.6. The number of esters is 1. The maximum Gasteiger partial charge on any atom is 0.343 e. The van der Waals surface area contributed by atoms with Crippen molar-refractivity contribution in [2.24, 2.45) is 0 Å². The van der Waals surface area contributed by atoms with Crippen LogP contribution in [0.15, 0.2) is 59.4 Å². The van der Waals surface area contributed by atoms with Crippen molar-refractivity contribution in [2.45, 2.75) is 20.0 Å². The Kier molecular flexibility index (Phi) is 4.53. The van der Waals surface area contributed by atoms with Gasteiger partial charge in [-0.25, -0.2) is 4.79 Å². The minimum absolute atomic E-state index is 0.0229. The van der Waals surface area contributed by atoms with Crippen molar-refractivity contribution >= 4 is 22.7 Å². The van der Waals surface area contributed by atoms with Gasteiger partial charge >= 0.3 is 5.97 Å². The van der Waals surface area contributed by atoms with E-state index in [9.17, 15) is 14.9 Å². The van der Waals surface area contributed by atoms with Crippen LogP contribution in [0.2, 0.25) is 0 Å². The normalized spacial score (nSPS) is 11.9. The molecule has 0 spiro atoms. The third-order valence-corrected chi connectivity index (χ3v) is 4.73. The van der Waals surface area contributed by atoms with Gasteiger partial charge in [-0.1, -0.05) is 18.2 Å². The number of Topliss-reactive ketones (excluding diaryl/α,β-unsaturated/α-hetero) is 1. The molecule has 4 rings (SSSR count). The van der Waals surface area contributed by atoms with Crippen LogP contribution in [0.5, 0.6) is 0 Å². The number of para-hydroxylation sites is 1. The third kappa shape index (κ3) is 3.11. The first-order valence-electron chi connectivity index (χ1n) is 8.99. The van der Waals surface area contributed by atoms with E-state index in [4.69, 9.17) is 9.15 Å². The van der Waals surface area contributed by atoms with Gasteiger partial charge in [-0.15, -0.1) is 0 Å². The molecule has 0 bridgehead atoms. The van der Waals surface area contributed by atoms with Crippen LogP contribution < -0.4 is 0 Å². The summed E-state index contributed by atoms with van der Waals surface area (Å²) >= 11 is 0. The third-order valence-electron chi connectivity index (χ3n) is 4.73. The van der Waals surface area contributed by atoms with E-state index >= 15 is 0 Å². The molecule has 1 N–H and O–H groups in total. The Bertz CT molecular complexity index is 1260. The highest BCUT2D eigenvalue weighted by atomic mass is 16.5. The Morgan fingerprint density at radius 1 is 1.21 bits per heavy atom. The lowest BCUT2D eigenvalue weighted by molar-refractivity contribution is 0.0317. The quantitative estimate of drug-likeness (QED) is 0.409. The van der Waals surface area contributed by atoms with Gasteiger partial charge in [0.1, 0.15) is 23.0 Å². The monoisotopic (exact) mass is 387 g/mol. The average Bonchev–Trinajstić information content (AvgIpc) is 3.45. The van der Waals surface area contributed by atoms with E-state index in [2.05, 4.69) is 4.98 Å². The van der Waals surface area contributed by atoms with Gasteiger partial charge in [0.05, 0.1) is 0 Å². The zero-order chi connectivity index (χ0) is 20.5. The first-order chi connectivity index (χ1) is 14.0. The molecular formula is C22H17N3O4. The maximum absolute atomic E-state index is 12.8. The molecule has 7 heteroatoms. The summed E-state index contributed by atoms with van der Waals surface area (Å²) in [6, 6.07) is 12.9. The van der Waals surface area contributed by atoms with Crippen LogP contribution in [0.4, 0.5) is 0 Å². The van der Waals surface area contributed by atoms with E-state index in [1.165, 1.54) is 6.92 Å². The van der Waals surface area contributed by atoms with Crippen LogP contribution >= 0.6 is 0 Å². The molecule has 7 nitrogen and oxygen atoms in total. The fourth-order valence-corrected chi connectivity index (χ4v) is 3.30. The molecule has 0 fully saturated rings. The van der Waals surface area contributed by atoms with Crippen LogP contribution in [0.1, 0.15) is 39.0 Å². The van der Waals surface area contributed by atoms with Gasteiger partial charge in [-0.3, -0.25) is 9.36 Å². The van der Waals surface area contributed by atoms with Gasteiger partial charge in [0.25, 0.3) is 0 Å². The van der Waals surface area contributed by atoms with Gasteiger partial charge in [-0.05, 0) is 32.0 Å². The number of ether oxygens (including phenoxy) is 1. The molecule has 0 unspecified atom stereocenters. The minimum atomic E-state index is -1.03. The smallest absolute Gasteiger partial charge is 0.343 e. The van der Waals surface area contributed by atoms with Crippen molar-refractivity contribution in [1.29, 1.82) is 5.26 Å². The molecule has 4 aromatic rings. The fraction of sp³-hybridized carbons (Fsp3) is 0.136. The minimum Gasteiger partial charge on any atom is -0.451 e. The number of rotatable bonds is 5. The molecule has 1 aromatic carbocycles. The first kappa shape index (κ1) is 18.3. The predicted molar refractivity (Wildman–Crippen MR) is 105 cm³/mol. The summed E-state index contributed by atoms with van der Waals surface area (Å²) in [5.41, 5.74) is 1.35. The first-order valence-corrected chi connectivity index (χ1v) is 8.99. The molecular weight excluding hydrogens is 370 g/mol. The molecule has 0 saturated heterocycles. The van der Waals surface area contributed by atoms with Crippen LogP contribution in [0, 0.1) is 18.3 Å². The van der Waals surface area contributed by atoms with E-state index in [0.717, 1.165) is 10.9 Å². The highest BCUT2D eigenvalue weighted by Gasteiger charge is 2.29. The van der Waals surface area contributed by atoms with Crippen molar-refractivity contribution in [3.05, 3.63) is 77.4 Å². The van der Waals surface area contributed by atoms with Gasteiger partial charge in [0.2, 0.25) is 11.7 Å². The summed E-state index contributed by atoms with van der Waals surface area (Å²) in [7, 11) is 0. The summed E-state index contributed by atoms with van der Waals surface area (Å²) in [5.74, 6) is -0.623. The van der Waals surface area contributed by atoms with Crippen molar-refractivity contribution in [3.63, 3.8) is 0 Å². The second-order valence-corrected chi connectivity index (χ2v) is 6.58. The van der Waals surface area contributed by atoms with Crippen molar-refractivity contribution in [1.82, 2.24) is 9.55 Å². The Balaban J connectivity index is 1.61. The van der Waals surface area contributed by atoms with E-state index in [1.54, 1.807) is 42.2 Å². The number of nitriles is 1. The molecule has 144 valence electrons. The lowest BCUT2D eigenvalue weighted by Crippen LogP contribution is -2.24. The summed E-state index contributed by atoms with van der Waals surface area (Å²) in [6.45, 7) is 3.09. The number of carbonyl (C=O) groups excluding carboxylic acids is 2. The lowest BCUT2D eigenvalue weighted by Gasteiger charge is -2.11. The molecule has 3 heterocycles. The number of ketones is 1. The summed E-state index contributed by atoms with van der Waals surface area (Å²) < 4.78 is 12.6. The van der Waals surface area contributed by atoms with E-state index in [1.807, 2.05) is 30.3 Å². The number of furan rings is 1. The Morgan fingerprint density at radius 3 is 2.66 bits per heavy atom. The number of benzene rings is 1. The number of hydrogen-bond acceptors (Lipinski definition) is 5. The Morgan fingerprint density at radius 2 is 1.93 bits per heavy atom. The molecule has 0 aliphatic rings. The molecule has 0 radical (unpaired) electrons.